The third-order valence-corrected chi connectivity index (χ3v) is 5.13. The Balaban J connectivity index is 1.52. The number of benzene rings is 2. The molecule has 9 heteroatoms. The van der Waals surface area contributed by atoms with Gasteiger partial charge in [-0.3, -0.25) is 19.0 Å². The van der Waals surface area contributed by atoms with Gasteiger partial charge in [-0.25, -0.2) is 0 Å². The molecule has 2 aromatic carbocycles. The summed E-state index contributed by atoms with van der Waals surface area (Å²) in [5.41, 5.74) is 2.57. The highest BCUT2D eigenvalue weighted by Crippen LogP contribution is 2.18. The van der Waals surface area contributed by atoms with Crippen molar-refractivity contribution in [3.8, 4) is 0 Å². The molecule has 162 valence electrons. The molecule has 2 N–H and O–H groups in total. The Kier molecular flexibility index (Phi) is 6.46. The Labute approximate surface area is 193 Å². The molecule has 8 nitrogen and oxygen atoms in total. The van der Waals surface area contributed by atoms with Crippen molar-refractivity contribution in [3.05, 3.63) is 94.5 Å². The van der Waals surface area contributed by atoms with E-state index in [1.165, 1.54) is 0 Å². The van der Waals surface area contributed by atoms with Gasteiger partial charge < -0.3 is 10.6 Å². The molecular weight excluding hydrogens is 472 g/mol. The van der Waals surface area contributed by atoms with Gasteiger partial charge in [-0.05, 0) is 52.7 Å². The SMILES string of the molecule is CCn1cc(NC(=O)c2cccc(Cn3cc(Br)cn3)c2)c(C(=O)Nc2ccccc2)n1. The molecule has 0 saturated heterocycles. The Morgan fingerprint density at radius 2 is 1.78 bits per heavy atom. The van der Waals surface area contributed by atoms with E-state index in [0.29, 0.717) is 30.0 Å². The van der Waals surface area contributed by atoms with Crippen molar-refractivity contribution in [2.75, 3.05) is 10.6 Å². The standard InChI is InChI=1S/C23H21BrN6O2/c1-2-29-15-20(21(28-29)23(32)26-19-9-4-3-5-10-19)27-22(31)17-8-6-7-16(11-17)13-30-14-18(24)12-25-30/h3-12,14-15H,2,13H2,1H3,(H,26,32)(H,27,31). The maximum atomic E-state index is 12.9. The van der Waals surface area contributed by atoms with Gasteiger partial charge in [0.15, 0.2) is 5.69 Å². The first-order valence-electron chi connectivity index (χ1n) is 10.0. The van der Waals surface area contributed by atoms with E-state index in [4.69, 9.17) is 0 Å². The number of para-hydroxylation sites is 1. The number of amides is 2. The fourth-order valence-electron chi connectivity index (χ4n) is 3.17. The van der Waals surface area contributed by atoms with Gasteiger partial charge in [0, 0.05) is 30.2 Å². The number of halogens is 1. The Morgan fingerprint density at radius 1 is 0.969 bits per heavy atom. The number of anilines is 2. The lowest BCUT2D eigenvalue weighted by Gasteiger charge is -2.08. The van der Waals surface area contributed by atoms with Crippen molar-refractivity contribution in [3.63, 3.8) is 0 Å². The van der Waals surface area contributed by atoms with Gasteiger partial charge in [0.1, 0.15) is 0 Å². The highest BCUT2D eigenvalue weighted by atomic mass is 79.9. The molecule has 2 amide bonds. The zero-order valence-corrected chi connectivity index (χ0v) is 18.9. The van der Waals surface area contributed by atoms with Gasteiger partial charge in [-0.1, -0.05) is 30.3 Å². The van der Waals surface area contributed by atoms with Crippen LogP contribution in [0.25, 0.3) is 0 Å². The quantitative estimate of drug-likeness (QED) is 0.399. The molecule has 0 aliphatic heterocycles. The topological polar surface area (TPSA) is 93.8 Å². The molecule has 0 saturated carbocycles. The van der Waals surface area contributed by atoms with E-state index in [1.54, 1.807) is 46.0 Å². The lowest BCUT2D eigenvalue weighted by atomic mass is 10.1. The van der Waals surface area contributed by atoms with Gasteiger partial charge in [0.25, 0.3) is 11.8 Å². The maximum absolute atomic E-state index is 12.9. The van der Waals surface area contributed by atoms with Gasteiger partial charge in [-0.2, -0.15) is 10.2 Å². The van der Waals surface area contributed by atoms with Crippen LogP contribution < -0.4 is 10.6 Å². The van der Waals surface area contributed by atoms with Crippen LogP contribution in [0.5, 0.6) is 0 Å². The first kappa shape index (κ1) is 21.5. The molecule has 0 fully saturated rings. The summed E-state index contributed by atoms with van der Waals surface area (Å²) in [6.45, 7) is 3.01. The molecule has 0 aliphatic rings. The molecule has 0 aliphatic carbocycles. The minimum absolute atomic E-state index is 0.154. The Morgan fingerprint density at radius 3 is 2.50 bits per heavy atom. The summed E-state index contributed by atoms with van der Waals surface area (Å²) in [6.07, 6.45) is 5.23. The summed E-state index contributed by atoms with van der Waals surface area (Å²) >= 11 is 3.38. The zero-order chi connectivity index (χ0) is 22.5. The van der Waals surface area contributed by atoms with E-state index in [-0.39, 0.29) is 11.6 Å². The van der Waals surface area contributed by atoms with Crippen molar-refractivity contribution >= 4 is 39.1 Å². The highest BCUT2D eigenvalue weighted by Gasteiger charge is 2.19. The summed E-state index contributed by atoms with van der Waals surface area (Å²) < 4.78 is 4.28. The van der Waals surface area contributed by atoms with Crippen LogP contribution in [0.3, 0.4) is 0 Å². The average Bonchev–Trinajstić information content (AvgIpc) is 3.40. The van der Waals surface area contributed by atoms with Crippen LogP contribution in [-0.2, 0) is 13.1 Å². The Hall–Kier alpha value is -3.72. The van der Waals surface area contributed by atoms with E-state index >= 15 is 0 Å². The van der Waals surface area contributed by atoms with Crippen molar-refractivity contribution in [1.82, 2.24) is 19.6 Å². The molecule has 2 aromatic heterocycles. The summed E-state index contributed by atoms with van der Waals surface area (Å²) in [5, 5.41) is 14.2. The number of rotatable bonds is 7. The summed E-state index contributed by atoms with van der Waals surface area (Å²) in [4.78, 5) is 25.7. The minimum atomic E-state index is -0.392. The number of carbonyl (C=O) groups is 2. The molecule has 0 atom stereocenters. The number of hydrogen-bond donors (Lipinski definition) is 2. The third-order valence-electron chi connectivity index (χ3n) is 4.72. The summed E-state index contributed by atoms with van der Waals surface area (Å²) in [7, 11) is 0. The van der Waals surface area contributed by atoms with Crippen LogP contribution in [0.15, 0.2) is 77.7 Å². The fourth-order valence-corrected chi connectivity index (χ4v) is 3.50. The molecule has 2 heterocycles. The monoisotopic (exact) mass is 492 g/mol. The van der Waals surface area contributed by atoms with Crippen LogP contribution >= 0.6 is 15.9 Å². The largest absolute Gasteiger partial charge is 0.321 e. The second-order valence-electron chi connectivity index (χ2n) is 7.08. The molecule has 4 rings (SSSR count). The van der Waals surface area contributed by atoms with Crippen LogP contribution in [0.4, 0.5) is 11.4 Å². The Bertz CT molecular complexity index is 1250. The predicted molar refractivity (Wildman–Crippen MR) is 126 cm³/mol. The van der Waals surface area contributed by atoms with Crippen molar-refractivity contribution in [2.24, 2.45) is 0 Å². The van der Waals surface area contributed by atoms with E-state index in [1.807, 2.05) is 43.5 Å². The zero-order valence-electron chi connectivity index (χ0n) is 17.3. The van der Waals surface area contributed by atoms with Gasteiger partial charge in [-0.15, -0.1) is 0 Å². The number of aromatic nitrogens is 4. The summed E-state index contributed by atoms with van der Waals surface area (Å²) in [5.74, 6) is -0.713. The average molecular weight is 493 g/mol. The van der Waals surface area contributed by atoms with E-state index in [9.17, 15) is 9.59 Å². The molecule has 32 heavy (non-hydrogen) atoms. The lowest BCUT2D eigenvalue weighted by molar-refractivity contribution is 0.102. The smallest absolute Gasteiger partial charge is 0.278 e. The normalized spacial score (nSPS) is 10.7. The maximum Gasteiger partial charge on any atom is 0.278 e. The number of nitrogens with one attached hydrogen (secondary N) is 2. The van der Waals surface area contributed by atoms with Crippen LogP contribution in [-0.4, -0.2) is 31.4 Å². The molecule has 0 unspecified atom stereocenters. The first-order chi connectivity index (χ1) is 15.5. The van der Waals surface area contributed by atoms with Gasteiger partial charge >= 0.3 is 0 Å². The molecule has 0 bridgehead atoms. The number of aryl methyl sites for hydroxylation is 1. The fraction of sp³-hybridized carbons (Fsp3) is 0.130. The van der Waals surface area contributed by atoms with Gasteiger partial charge in [0.2, 0.25) is 0 Å². The van der Waals surface area contributed by atoms with Crippen molar-refractivity contribution in [2.45, 2.75) is 20.0 Å². The van der Waals surface area contributed by atoms with Gasteiger partial charge in [0.05, 0.1) is 22.9 Å². The van der Waals surface area contributed by atoms with E-state index in [0.717, 1.165) is 10.0 Å². The molecular formula is C23H21BrN6O2. The minimum Gasteiger partial charge on any atom is -0.321 e. The molecule has 0 radical (unpaired) electrons. The second kappa shape index (κ2) is 9.61. The number of nitrogens with zero attached hydrogens (tertiary/aromatic N) is 4. The van der Waals surface area contributed by atoms with Crippen LogP contribution in [0.2, 0.25) is 0 Å². The molecule has 0 spiro atoms. The van der Waals surface area contributed by atoms with E-state index in [2.05, 4.69) is 36.8 Å². The number of hydrogen-bond acceptors (Lipinski definition) is 4. The second-order valence-corrected chi connectivity index (χ2v) is 7.99. The van der Waals surface area contributed by atoms with Crippen molar-refractivity contribution < 1.29 is 9.59 Å². The first-order valence-corrected chi connectivity index (χ1v) is 10.8. The number of carbonyl (C=O) groups excluding carboxylic acids is 2. The highest BCUT2D eigenvalue weighted by molar-refractivity contribution is 9.10. The molecule has 4 aromatic rings. The lowest BCUT2D eigenvalue weighted by Crippen LogP contribution is -2.18. The van der Waals surface area contributed by atoms with Crippen LogP contribution in [0, 0.1) is 0 Å². The predicted octanol–water partition coefficient (Wildman–Crippen LogP) is 4.41. The summed E-state index contributed by atoms with van der Waals surface area (Å²) in [6, 6.07) is 16.4. The third kappa shape index (κ3) is 5.12. The van der Waals surface area contributed by atoms with Crippen molar-refractivity contribution in [1.29, 1.82) is 0 Å². The van der Waals surface area contributed by atoms with Crippen LogP contribution in [0.1, 0.15) is 33.3 Å². The van der Waals surface area contributed by atoms with E-state index < -0.39 is 5.91 Å².